The second-order valence-corrected chi connectivity index (χ2v) is 7.96. The molecule has 3 fully saturated rings. The Kier molecular flexibility index (Phi) is 2.85. The highest BCUT2D eigenvalue weighted by Gasteiger charge is 2.74. The zero-order chi connectivity index (χ0) is 18.5. The molecule has 7 nitrogen and oxygen atoms in total. The summed E-state index contributed by atoms with van der Waals surface area (Å²) < 4.78 is 17.7. The molecule has 0 saturated carbocycles. The van der Waals surface area contributed by atoms with Crippen molar-refractivity contribution in [3.63, 3.8) is 0 Å². The fourth-order valence-electron chi connectivity index (χ4n) is 6.02. The lowest BCUT2D eigenvalue weighted by molar-refractivity contribution is -0.146. The Balaban J connectivity index is 1.57. The molecule has 0 unspecified atom stereocenters. The van der Waals surface area contributed by atoms with Crippen LogP contribution in [0.25, 0.3) is 0 Å². The van der Waals surface area contributed by atoms with Gasteiger partial charge in [0.15, 0.2) is 0 Å². The molecule has 140 valence electrons. The topological polar surface area (TPSA) is 85.3 Å². The molecule has 2 bridgehead atoms. The summed E-state index contributed by atoms with van der Waals surface area (Å²) in [6.45, 7) is 0.612. The summed E-state index contributed by atoms with van der Waals surface area (Å²) in [7, 11) is 1.61. The number of benzene rings is 1. The third-order valence-electron chi connectivity index (χ3n) is 6.96. The fraction of sp³-hybridized carbons (Fsp3) is 0.500. The Bertz CT molecular complexity index is 912. The summed E-state index contributed by atoms with van der Waals surface area (Å²) in [5, 5.41) is 9.76. The van der Waals surface area contributed by atoms with Crippen molar-refractivity contribution >= 4 is 17.6 Å². The molecule has 7 atom stereocenters. The van der Waals surface area contributed by atoms with E-state index in [2.05, 4.69) is 0 Å². The first-order valence-corrected chi connectivity index (χ1v) is 9.29. The van der Waals surface area contributed by atoms with E-state index in [1.165, 1.54) is 0 Å². The molecule has 0 aromatic heterocycles. The maximum atomic E-state index is 13.5. The number of nitrogens with zero attached hydrogens (tertiary/aromatic N) is 1. The van der Waals surface area contributed by atoms with E-state index in [1.807, 2.05) is 30.4 Å². The second-order valence-electron chi connectivity index (χ2n) is 7.96. The number of carboxylic acids is 1. The summed E-state index contributed by atoms with van der Waals surface area (Å²) in [5.74, 6) is -1.88. The number of amides is 1. The Morgan fingerprint density at radius 1 is 1.41 bits per heavy atom. The highest BCUT2D eigenvalue weighted by molar-refractivity contribution is 6.04. The van der Waals surface area contributed by atoms with Crippen LogP contribution in [0.15, 0.2) is 30.4 Å². The predicted molar refractivity (Wildman–Crippen MR) is 92.4 cm³/mol. The quantitative estimate of drug-likeness (QED) is 0.796. The molecular formula is C20H19NO6. The molecule has 1 spiro atoms. The molecule has 0 radical (unpaired) electrons. The maximum Gasteiger partial charge on any atom is 0.310 e. The van der Waals surface area contributed by atoms with Crippen molar-refractivity contribution in [1.82, 2.24) is 0 Å². The van der Waals surface area contributed by atoms with Gasteiger partial charge in [-0.25, -0.2) is 0 Å². The van der Waals surface area contributed by atoms with Crippen molar-refractivity contribution < 1.29 is 28.9 Å². The van der Waals surface area contributed by atoms with E-state index in [4.69, 9.17) is 14.2 Å². The van der Waals surface area contributed by atoms with Gasteiger partial charge < -0.3 is 24.2 Å². The molecule has 7 heteroatoms. The molecule has 0 aliphatic carbocycles. The largest absolute Gasteiger partial charge is 0.497 e. The van der Waals surface area contributed by atoms with E-state index in [1.54, 1.807) is 12.0 Å². The number of methoxy groups -OCH3 is 1. The van der Waals surface area contributed by atoms with E-state index in [0.29, 0.717) is 12.4 Å². The van der Waals surface area contributed by atoms with Gasteiger partial charge in [-0.05, 0) is 24.6 Å². The van der Waals surface area contributed by atoms with Gasteiger partial charge in [0, 0.05) is 18.1 Å². The van der Waals surface area contributed by atoms with Crippen LogP contribution in [-0.2, 0) is 19.1 Å². The van der Waals surface area contributed by atoms with Gasteiger partial charge in [-0.3, -0.25) is 9.59 Å². The molecule has 5 aliphatic rings. The first-order valence-electron chi connectivity index (χ1n) is 9.29. The van der Waals surface area contributed by atoms with Crippen LogP contribution in [0.2, 0.25) is 0 Å². The van der Waals surface area contributed by atoms with Gasteiger partial charge >= 0.3 is 5.97 Å². The number of fused-ring (bicyclic) bond motifs is 7. The average molecular weight is 369 g/mol. The van der Waals surface area contributed by atoms with Crippen LogP contribution in [0.1, 0.15) is 18.1 Å². The van der Waals surface area contributed by atoms with Gasteiger partial charge in [0.2, 0.25) is 5.91 Å². The molecule has 5 heterocycles. The van der Waals surface area contributed by atoms with Gasteiger partial charge in [-0.1, -0.05) is 12.2 Å². The van der Waals surface area contributed by atoms with Crippen molar-refractivity contribution in [2.24, 2.45) is 17.8 Å². The normalized spacial score (nSPS) is 42.7. The molecular weight excluding hydrogens is 350 g/mol. The van der Waals surface area contributed by atoms with Crippen molar-refractivity contribution in [3.8, 4) is 5.75 Å². The van der Waals surface area contributed by atoms with E-state index >= 15 is 0 Å². The number of carbonyl (C=O) groups excluding carboxylic acids is 1. The molecule has 6 rings (SSSR count). The second kappa shape index (κ2) is 4.91. The van der Waals surface area contributed by atoms with Crippen molar-refractivity contribution in [2.75, 3.05) is 18.6 Å². The Morgan fingerprint density at radius 2 is 2.26 bits per heavy atom. The highest BCUT2D eigenvalue weighted by atomic mass is 16.5. The monoisotopic (exact) mass is 369 g/mol. The van der Waals surface area contributed by atoms with Gasteiger partial charge in [-0.15, -0.1) is 0 Å². The van der Waals surface area contributed by atoms with Gasteiger partial charge in [0.1, 0.15) is 17.3 Å². The molecule has 5 aliphatic heterocycles. The van der Waals surface area contributed by atoms with E-state index in [0.717, 1.165) is 17.7 Å². The minimum atomic E-state index is -0.974. The third-order valence-corrected chi connectivity index (χ3v) is 6.96. The van der Waals surface area contributed by atoms with Crippen molar-refractivity contribution in [2.45, 2.75) is 30.3 Å². The Labute approximate surface area is 155 Å². The van der Waals surface area contributed by atoms with Crippen LogP contribution in [0.3, 0.4) is 0 Å². The van der Waals surface area contributed by atoms with Crippen LogP contribution < -0.4 is 9.64 Å². The lowest BCUT2D eigenvalue weighted by atomic mass is 9.70. The lowest BCUT2D eigenvalue weighted by Crippen LogP contribution is -2.53. The number of aliphatic carboxylic acids is 1. The number of anilines is 1. The summed E-state index contributed by atoms with van der Waals surface area (Å²) in [6.07, 6.45) is 3.90. The lowest BCUT2D eigenvalue weighted by Gasteiger charge is -2.44. The van der Waals surface area contributed by atoms with Crippen LogP contribution in [0, 0.1) is 17.8 Å². The number of carbonyl (C=O) groups is 2. The Hall–Kier alpha value is -2.38. The maximum absolute atomic E-state index is 13.5. The zero-order valence-electron chi connectivity index (χ0n) is 14.7. The summed E-state index contributed by atoms with van der Waals surface area (Å²) in [5.41, 5.74) is 0.838. The first kappa shape index (κ1) is 15.7. The zero-order valence-corrected chi connectivity index (χ0v) is 14.7. The summed E-state index contributed by atoms with van der Waals surface area (Å²) in [6, 6.07) is 5.39. The smallest absolute Gasteiger partial charge is 0.310 e. The van der Waals surface area contributed by atoms with Crippen LogP contribution in [0.5, 0.6) is 5.75 Å². The molecule has 1 amide bonds. The first-order chi connectivity index (χ1) is 13.1. The van der Waals surface area contributed by atoms with Crippen LogP contribution in [0.4, 0.5) is 5.69 Å². The predicted octanol–water partition coefficient (Wildman–Crippen LogP) is 1.53. The number of hydrogen-bond acceptors (Lipinski definition) is 5. The fourth-order valence-corrected chi connectivity index (χ4v) is 6.02. The number of ether oxygens (including phenoxy) is 3. The standard InChI is InChI=1S/C20H19NO6/c1-25-9-2-3-12-11(8-9)16-10(5-7-26-16)17-20-6-4-13(27-20)14(19(23)24)15(20)18(22)21(12)17/h2-4,6,8,10,13-17H,5,7H2,1H3,(H,23,24)/t10-,13-,14+,15-,16+,17+,20+/m1/s1. The average Bonchev–Trinajstić information content (AvgIpc) is 3.41. The van der Waals surface area contributed by atoms with Gasteiger partial charge in [0.05, 0.1) is 37.0 Å². The van der Waals surface area contributed by atoms with Crippen molar-refractivity contribution in [1.29, 1.82) is 0 Å². The number of hydrogen-bond donors (Lipinski definition) is 1. The van der Waals surface area contributed by atoms with Gasteiger partial charge in [0.25, 0.3) is 0 Å². The van der Waals surface area contributed by atoms with E-state index in [9.17, 15) is 14.7 Å². The molecule has 1 aromatic rings. The summed E-state index contributed by atoms with van der Waals surface area (Å²) >= 11 is 0. The molecule has 27 heavy (non-hydrogen) atoms. The van der Waals surface area contributed by atoms with E-state index in [-0.39, 0.29) is 24.0 Å². The molecule has 1 aromatic carbocycles. The summed E-state index contributed by atoms with van der Waals surface area (Å²) in [4.78, 5) is 27.2. The minimum Gasteiger partial charge on any atom is -0.497 e. The van der Waals surface area contributed by atoms with Crippen LogP contribution >= 0.6 is 0 Å². The third kappa shape index (κ3) is 1.66. The Morgan fingerprint density at radius 3 is 3.04 bits per heavy atom. The minimum absolute atomic E-state index is 0.0644. The van der Waals surface area contributed by atoms with Gasteiger partial charge in [-0.2, -0.15) is 0 Å². The molecule has 1 N–H and O–H groups in total. The number of rotatable bonds is 2. The number of carboxylic acid groups (broad SMARTS) is 1. The highest BCUT2D eigenvalue weighted by Crippen LogP contribution is 2.62. The molecule has 3 saturated heterocycles. The van der Waals surface area contributed by atoms with Crippen molar-refractivity contribution in [3.05, 3.63) is 35.9 Å². The van der Waals surface area contributed by atoms with Crippen LogP contribution in [-0.4, -0.2) is 48.4 Å². The SMILES string of the molecule is COc1ccc2c(c1)[C@H]1OCC[C@H]1[C@@H]1N2C(=O)[C@H]2[C@@H](C(=O)O)[C@H]3C=C[C@@]12O3. The van der Waals surface area contributed by atoms with E-state index < -0.39 is 29.5 Å².